The first-order chi connectivity index (χ1) is 13.5. The number of nitrogens with zero attached hydrogens (tertiary/aromatic N) is 2. The zero-order chi connectivity index (χ0) is 19.3. The number of benzene rings is 1. The van der Waals surface area contributed by atoms with Gasteiger partial charge < -0.3 is 9.73 Å². The molecule has 6 nitrogen and oxygen atoms in total. The number of rotatable bonds is 4. The van der Waals surface area contributed by atoms with E-state index < -0.39 is 11.6 Å². The molecule has 3 aromatic heterocycles. The molecule has 0 spiro atoms. The minimum Gasteiger partial charge on any atom is -0.458 e. The van der Waals surface area contributed by atoms with Crippen LogP contribution in [0.1, 0.15) is 18.4 Å². The van der Waals surface area contributed by atoms with Crippen LogP contribution in [0.15, 0.2) is 57.6 Å². The molecule has 28 heavy (non-hydrogen) atoms. The minimum atomic E-state index is -1.23. The molecule has 1 N–H and O–H groups in total. The van der Waals surface area contributed by atoms with Gasteiger partial charge in [0.2, 0.25) is 0 Å². The van der Waals surface area contributed by atoms with Crippen molar-refractivity contribution in [2.75, 3.05) is 0 Å². The van der Waals surface area contributed by atoms with E-state index in [9.17, 15) is 9.59 Å². The van der Waals surface area contributed by atoms with Crippen LogP contribution in [0, 0.1) is 0 Å². The van der Waals surface area contributed by atoms with Gasteiger partial charge in [-0.25, -0.2) is 9.78 Å². The Kier molecular flexibility index (Phi) is 3.85. The molecule has 140 valence electrons. The van der Waals surface area contributed by atoms with E-state index in [1.165, 1.54) is 16.2 Å². The van der Waals surface area contributed by atoms with Crippen LogP contribution in [0.5, 0.6) is 0 Å². The average Bonchev–Trinajstić information content (AvgIpc) is 3.46. The first kappa shape index (κ1) is 17.2. The number of imide groups is 1. The molecule has 4 aromatic rings. The quantitative estimate of drug-likeness (QED) is 0.501. The van der Waals surface area contributed by atoms with E-state index in [0.717, 1.165) is 15.3 Å². The molecule has 0 aliphatic carbocycles. The molecular weight excluding hydrogens is 394 g/mol. The van der Waals surface area contributed by atoms with Gasteiger partial charge >= 0.3 is 6.03 Å². The standard InChI is InChI=1S/C20H15N3O3S2/c1-20(16-9-12-5-2-3-6-14(12)26-16)18(24)23(19(25)22-20)10-13-11-28-17(21-13)15-7-4-8-27-15/h2-9,11H,10H2,1H3,(H,22,25)/t20-/m1/s1. The van der Waals surface area contributed by atoms with E-state index in [1.807, 2.05) is 47.2 Å². The van der Waals surface area contributed by atoms with Gasteiger partial charge in [0.15, 0.2) is 5.54 Å². The summed E-state index contributed by atoms with van der Waals surface area (Å²) in [5.41, 5.74) is 0.132. The predicted octanol–water partition coefficient (Wildman–Crippen LogP) is 4.59. The number of urea groups is 1. The number of thiophene rings is 1. The summed E-state index contributed by atoms with van der Waals surface area (Å²) in [6.45, 7) is 1.80. The van der Waals surface area contributed by atoms with Crippen molar-refractivity contribution in [3.63, 3.8) is 0 Å². The zero-order valence-electron chi connectivity index (χ0n) is 14.8. The third-order valence-corrected chi connectivity index (χ3v) is 6.73. The molecule has 1 fully saturated rings. The number of carbonyl (C=O) groups is 2. The Balaban J connectivity index is 1.42. The summed E-state index contributed by atoms with van der Waals surface area (Å²) in [4.78, 5) is 32.5. The maximum Gasteiger partial charge on any atom is 0.325 e. The molecule has 3 amide bonds. The van der Waals surface area contributed by atoms with E-state index >= 15 is 0 Å². The largest absolute Gasteiger partial charge is 0.458 e. The molecule has 1 aliphatic heterocycles. The van der Waals surface area contributed by atoms with Gasteiger partial charge in [-0.1, -0.05) is 24.3 Å². The Labute approximate surface area is 168 Å². The number of amides is 3. The normalized spacial score (nSPS) is 19.5. The van der Waals surface area contributed by atoms with Crippen molar-refractivity contribution in [2.24, 2.45) is 0 Å². The third kappa shape index (κ3) is 2.64. The van der Waals surface area contributed by atoms with E-state index in [4.69, 9.17) is 4.42 Å². The summed E-state index contributed by atoms with van der Waals surface area (Å²) in [5.74, 6) is 0.0781. The second-order valence-electron chi connectivity index (χ2n) is 6.72. The molecule has 0 unspecified atom stereocenters. The molecule has 0 bridgehead atoms. The van der Waals surface area contributed by atoms with Crippen LogP contribution in [0.4, 0.5) is 4.79 Å². The number of hydrogen-bond donors (Lipinski definition) is 1. The van der Waals surface area contributed by atoms with Crippen LogP contribution in [0.3, 0.4) is 0 Å². The SMILES string of the molecule is C[C@]1(c2cc3ccccc3o2)NC(=O)N(Cc2csc(-c3cccs3)n2)C1=O. The van der Waals surface area contributed by atoms with Crippen molar-refractivity contribution in [1.29, 1.82) is 0 Å². The molecular formula is C20H15N3O3S2. The van der Waals surface area contributed by atoms with Gasteiger partial charge in [-0.05, 0) is 30.5 Å². The summed E-state index contributed by atoms with van der Waals surface area (Å²) < 4.78 is 5.85. The van der Waals surface area contributed by atoms with Crippen molar-refractivity contribution in [1.82, 2.24) is 15.2 Å². The average molecular weight is 409 g/mol. The molecule has 0 saturated carbocycles. The summed E-state index contributed by atoms with van der Waals surface area (Å²) in [7, 11) is 0. The van der Waals surface area contributed by atoms with Gasteiger partial charge in [-0.15, -0.1) is 22.7 Å². The first-order valence-electron chi connectivity index (χ1n) is 8.66. The number of furan rings is 1. The Morgan fingerprint density at radius 2 is 2.04 bits per heavy atom. The summed E-state index contributed by atoms with van der Waals surface area (Å²) >= 11 is 3.11. The summed E-state index contributed by atoms with van der Waals surface area (Å²) in [6.07, 6.45) is 0. The Morgan fingerprint density at radius 1 is 1.18 bits per heavy atom. The Hall–Kier alpha value is -2.97. The van der Waals surface area contributed by atoms with Crippen LogP contribution < -0.4 is 5.32 Å². The number of nitrogens with one attached hydrogen (secondary N) is 1. The number of fused-ring (bicyclic) bond motifs is 1. The number of carbonyl (C=O) groups excluding carboxylic acids is 2. The number of hydrogen-bond acceptors (Lipinski definition) is 6. The molecule has 1 aromatic carbocycles. The maximum atomic E-state index is 13.1. The fraction of sp³-hybridized carbons (Fsp3) is 0.150. The Bertz CT molecular complexity index is 1160. The Morgan fingerprint density at radius 3 is 2.82 bits per heavy atom. The smallest absolute Gasteiger partial charge is 0.325 e. The zero-order valence-corrected chi connectivity index (χ0v) is 16.5. The van der Waals surface area contributed by atoms with Crippen LogP contribution in [0.2, 0.25) is 0 Å². The highest BCUT2D eigenvalue weighted by molar-refractivity contribution is 7.20. The molecule has 5 rings (SSSR count). The second kappa shape index (κ2) is 6.29. The summed E-state index contributed by atoms with van der Waals surface area (Å²) in [5, 5.41) is 8.43. The second-order valence-corrected chi connectivity index (χ2v) is 8.52. The van der Waals surface area contributed by atoms with Gasteiger partial charge in [0.1, 0.15) is 16.4 Å². The van der Waals surface area contributed by atoms with Gasteiger partial charge in [0, 0.05) is 10.8 Å². The van der Waals surface area contributed by atoms with Crippen molar-refractivity contribution < 1.29 is 14.0 Å². The molecule has 1 aliphatic rings. The molecule has 1 saturated heterocycles. The van der Waals surface area contributed by atoms with E-state index in [0.29, 0.717) is 17.0 Å². The molecule has 8 heteroatoms. The highest BCUT2D eigenvalue weighted by atomic mass is 32.1. The van der Waals surface area contributed by atoms with E-state index in [1.54, 1.807) is 24.3 Å². The molecule has 4 heterocycles. The van der Waals surface area contributed by atoms with Crippen molar-refractivity contribution >= 4 is 45.6 Å². The number of thiazole rings is 1. The van der Waals surface area contributed by atoms with Crippen LogP contribution >= 0.6 is 22.7 Å². The van der Waals surface area contributed by atoms with Crippen molar-refractivity contribution in [2.45, 2.75) is 19.0 Å². The summed E-state index contributed by atoms with van der Waals surface area (Å²) in [6, 6.07) is 12.8. The number of aromatic nitrogens is 1. The lowest BCUT2D eigenvalue weighted by Crippen LogP contribution is -2.40. The lowest BCUT2D eigenvalue weighted by Gasteiger charge is -2.18. The van der Waals surface area contributed by atoms with Crippen LogP contribution in [-0.2, 0) is 16.9 Å². The fourth-order valence-electron chi connectivity index (χ4n) is 3.29. The predicted molar refractivity (Wildman–Crippen MR) is 108 cm³/mol. The fourth-order valence-corrected chi connectivity index (χ4v) is 4.92. The maximum absolute atomic E-state index is 13.1. The highest BCUT2D eigenvalue weighted by Crippen LogP contribution is 2.34. The van der Waals surface area contributed by atoms with Gasteiger partial charge in [-0.3, -0.25) is 9.69 Å². The number of para-hydroxylation sites is 1. The topological polar surface area (TPSA) is 75.4 Å². The minimum absolute atomic E-state index is 0.127. The van der Waals surface area contributed by atoms with Crippen LogP contribution in [0.25, 0.3) is 20.9 Å². The van der Waals surface area contributed by atoms with Crippen molar-refractivity contribution in [3.05, 3.63) is 64.7 Å². The lowest BCUT2D eigenvalue weighted by atomic mass is 9.99. The van der Waals surface area contributed by atoms with E-state index in [-0.39, 0.29) is 12.5 Å². The third-order valence-electron chi connectivity index (χ3n) is 4.80. The van der Waals surface area contributed by atoms with E-state index in [2.05, 4.69) is 10.3 Å². The van der Waals surface area contributed by atoms with Gasteiger partial charge in [-0.2, -0.15) is 0 Å². The monoisotopic (exact) mass is 409 g/mol. The van der Waals surface area contributed by atoms with Gasteiger partial charge in [0.25, 0.3) is 5.91 Å². The van der Waals surface area contributed by atoms with Crippen LogP contribution in [-0.4, -0.2) is 21.8 Å². The first-order valence-corrected chi connectivity index (χ1v) is 10.4. The lowest BCUT2D eigenvalue weighted by molar-refractivity contribution is -0.132. The highest BCUT2D eigenvalue weighted by Gasteiger charge is 2.51. The van der Waals surface area contributed by atoms with Crippen molar-refractivity contribution in [3.8, 4) is 9.88 Å². The van der Waals surface area contributed by atoms with Gasteiger partial charge in [0.05, 0.1) is 17.1 Å². The molecule has 0 radical (unpaired) electrons. The molecule has 1 atom stereocenters.